The van der Waals surface area contributed by atoms with Crippen LogP contribution in [0.5, 0.6) is 0 Å². The van der Waals surface area contributed by atoms with E-state index in [1.54, 1.807) is 0 Å². The van der Waals surface area contributed by atoms with Crippen molar-refractivity contribution in [1.29, 1.82) is 0 Å². The second kappa shape index (κ2) is 5.49. The molecule has 0 aromatic rings. The first kappa shape index (κ1) is 12.5. The predicted molar refractivity (Wildman–Crippen MR) is 57.2 cm³/mol. The second-order valence-corrected chi connectivity index (χ2v) is 6.39. The third-order valence-electron chi connectivity index (χ3n) is 2.59. The topological polar surface area (TPSA) is 60.4 Å². The number of ether oxygens (including phenoxy) is 1. The average Bonchev–Trinajstić information content (AvgIpc) is 1.97. The zero-order valence-corrected chi connectivity index (χ0v) is 9.88. The molecule has 1 aliphatic rings. The van der Waals surface area contributed by atoms with Gasteiger partial charge in [-0.05, 0) is 25.7 Å². The molecule has 0 amide bonds. The first-order valence-corrected chi connectivity index (χ1v) is 7.39. The van der Waals surface area contributed by atoms with Crippen molar-refractivity contribution in [3.63, 3.8) is 0 Å². The van der Waals surface area contributed by atoms with Crippen LogP contribution in [0.1, 0.15) is 32.1 Å². The molecule has 0 atom stereocenters. The van der Waals surface area contributed by atoms with E-state index in [-0.39, 0.29) is 17.6 Å². The van der Waals surface area contributed by atoms with Crippen molar-refractivity contribution in [2.75, 3.05) is 18.6 Å². The van der Waals surface area contributed by atoms with E-state index < -0.39 is 9.84 Å². The lowest BCUT2D eigenvalue weighted by Gasteiger charge is -2.22. The largest absolute Gasteiger partial charge is 0.465 e. The van der Waals surface area contributed by atoms with Crippen LogP contribution in [0.15, 0.2) is 0 Å². The van der Waals surface area contributed by atoms with E-state index in [0.29, 0.717) is 19.4 Å². The van der Waals surface area contributed by atoms with Crippen LogP contribution in [0, 0.1) is 5.92 Å². The van der Waals surface area contributed by atoms with Gasteiger partial charge in [-0.3, -0.25) is 4.79 Å². The number of esters is 1. The Morgan fingerprint density at radius 3 is 2.47 bits per heavy atom. The Kier molecular flexibility index (Phi) is 4.57. The van der Waals surface area contributed by atoms with E-state index in [1.165, 1.54) is 6.26 Å². The van der Waals surface area contributed by atoms with Crippen molar-refractivity contribution in [2.45, 2.75) is 32.1 Å². The van der Waals surface area contributed by atoms with Gasteiger partial charge in [0.15, 0.2) is 0 Å². The van der Waals surface area contributed by atoms with Crippen LogP contribution in [-0.2, 0) is 19.4 Å². The number of hydrogen-bond acceptors (Lipinski definition) is 4. The lowest BCUT2D eigenvalue weighted by Crippen LogP contribution is -2.24. The van der Waals surface area contributed by atoms with Gasteiger partial charge >= 0.3 is 5.97 Å². The van der Waals surface area contributed by atoms with E-state index in [1.807, 2.05) is 0 Å². The molecule has 0 aromatic carbocycles. The third kappa shape index (κ3) is 5.16. The molecule has 0 spiro atoms. The summed E-state index contributed by atoms with van der Waals surface area (Å²) in [5.74, 6) is 0.175. The van der Waals surface area contributed by atoms with Crippen LogP contribution in [0.25, 0.3) is 0 Å². The summed E-state index contributed by atoms with van der Waals surface area (Å²) in [7, 11) is -2.88. The predicted octanol–water partition coefficient (Wildman–Crippen LogP) is 1.15. The van der Waals surface area contributed by atoms with Gasteiger partial charge in [-0.15, -0.1) is 0 Å². The summed E-state index contributed by atoms with van der Waals surface area (Å²) in [5.41, 5.74) is 0. The molecular weight excluding hydrogens is 216 g/mol. The van der Waals surface area contributed by atoms with Gasteiger partial charge in [-0.25, -0.2) is 8.42 Å². The van der Waals surface area contributed by atoms with E-state index in [4.69, 9.17) is 4.74 Å². The van der Waals surface area contributed by atoms with Crippen LogP contribution in [0.2, 0.25) is 0 Å². The summed E-state index contributed by atoms with van der Waals surface area (Å²) < 4.78 is 26.6. The molecule has 1 rings (SSSR count). The van der Waals surface area contributed by atoms with E-state index in [0.717, 1.165) is 19.3 Å². The molecule has 1 saturated carbocycles. The lowest BCUT2D eigenvalue weighted by atomic mass is 9.86. The quantitative estimate of drug-likeness (QED) is 0.511. The summed E-state index contributed by atoms with van der Waals surface area (Å²) in [6.45, 7) is 0.352. The smallest absolute Gasteiger partial charge is 0.308 e. The summed E-state index contributed by atoms with van der Waals surface area (Å²) in [4.78, 5) is 11.2. The molecule has 0 bridgehead atoms. The van der Waals surface area contributed by atoms with Gasteiger partial charge in [0.25, 0.3) is 0 Å². The summed E-state index contributed by atoms with van der Waals surface area (Å²) in [5, 5.41) is 0. The minimum Gasteiger partial charge on any atom is -0.465 e. The first-order chi connectivity index (χ1) is 6.99. The fourth-order valence-corrected chi connectivity index (χ4v) is 2.13. The van der Waals surface area contributed by atoms with Crippen LogP contribution in [-0.4, -0.2) is 33.0 Å². The maximum absolute atomic E-state index is 11.2. The summed E-state index contributed by atoms with van der Waals surface area (Å²) >= 11 is 0. The zero-order chi connectivity index (χ0) is 11.3. The Morgan fingerprint density at radius 1 is 1.33 bits per heavy atom. The van der Waals surface area contributed by atoms with Gasteiger partial charge in [-0.1, -0.05) is 6.42 Å². The summed E-state index contributed by atoms with van der Waals surface area (Å²) in [6, 6.07) is 0. The highest BCUT2D eigenvalue weighted by Crippen LogP contribution is 2.27. The Bertz CT molecular complexity index is 303. The standard InChI is InChI=1S/C10H18O4S/c1-15(12,13)8-3-2-7-14-10(11)9-5-4-6-9/h9H,2-8H2,1H3. The van der Waals surface area contributed by atoms with Crippen molar-refractivity contribution >= 4 is 15.8 Å². The monoisotopic (exact) mass is 234 g/mol. The number of unbranched alkanes of at least 4 members (excludes halogenated alkanes) is 1. The lowest BCUT2D eigenvalue weighted by molar-refractivity contribution is -0.151. The Labute approximate surface area is 90.9 Å². The second-order valence-electron chi connectivity index (χ2n) is 4.13. The highest BCUT2D eigenvalue weighted by Gasteiger charge is 2.26. The molecule has 88 valence electrons. The molecule has 0 saturated heterocycles. The maximum Gasteiger partial charge on any atom is 0.308 e. The van der Waals surface area contributed by atoms with Crippen LogP contribution >= 0.6 is 0 Å². The first-order valence-electron chi connectivity index (χ1n) is 5.33. The number of carbonyl (C=O) groups excluding carboxylic acids is 1. The highest BCUT2D eigenvalue weighted by molar-refractivity contribution is 7.90. The van der Waals surface area contributed by atoms with Gasteiger partial charge in [0, 0.05) is 6.26 Å². The molecule has 0 radical (unpaired) electrons. The van der Waals surface area contributed by atoms with E-state index in [2.05, 4.69) is 0 Å². The van der Waals surface area contributed by atoms with Gasteiger partial charge in [0.05, 0.1) is 18.3 Å². The molecule has 15 heavy (non-hydrogen) atoms. The normalized spacial score (nSPS) is 17.1. The molecule has 0 aromatic heterocycles. The Hall–Kier alpha value is -0.580. The average molecular weight is 234 g/mol. The molecule has 0 unspecified atom stereocenters. The van der Waals surface area contributed by atoms with E-state index >= 15 is 0 Å². The fourth-order valence-electron chi connectivity index (χ4n) is 1.40. The molecule has 0 N–H and O–H groups in total. The van der Waals surface area contributed by atoms with E-state index in [9.17, 15) is 13.2 Å². The minimum absolute atomic E-state index is 0.111. The highest BCUT2D eigenvalue weighted by atomic mass is 32.2. The van der Waals surface area contributed by atoms with Crippen LogP contribution < -0.4 is 0 Å². The van der Waals surface area contributed by atoms with Gasteiger partial charge < -0.3 is 4.74 Å². The van der Waals surface area contributed by atoms with Gasteiger partial charge in [-0.2, -0.15) is 0 Å². The van der Waals surface area contributed by atoms with Crippen molar-refractivity contribution in [2.24, 2.45) is 5.92 Å². The Balaban J connectivity index is 1.99. The fraction of sp³-hybridized carbons (Fsp3) is 0.900. The van der Waals surface area contributed by atoms with Crippen molar-refractivity contribution < 1.29 is 17.9 Å². The maximum atomic E-state index is 11.2. The van der Waals surface area contributed by atoms with Crippen LogP contribution in [0.3, 0.4) is 0 Å². The third-order valence-corrected chi connectivity index (χ3v) is 3.62. The molecule has 1 fully saturated rings. The summed E-state index contributed by atoms with van der Waals surface area (Å²) in [6.07, 6.45) is 5.42. The molecular formula is C10H18O4S. The number of carbonyl (C=O) groups is 1. The number of sulfone groups is 1. The van der Waals surface area contributed by atoms with Gasteiger partial charge in [0.2, 0.25) is 0 Å². The number of rotatable bonds is 6. The van der Waals surface area contributed by atoms with Crippen molar-refractivity contribution in [1.82, 2.24) is 0 Å². The van der Waals surface area contributed by atoms with Crippen LogP contribution in [0.4, 0.5) is 0 Å². The van der Waals surface area contributed by atoms with Crippen molar-refractivity contribution in [3.8, 4) is 0 Å². The number of hydrogen-bond donors (Lipinski definition) is 0. The zero-order valence-electron chi connectivity index (χ0n) is 9.07. The molecule has 0 aliphatic heterocycles. The van der Waals surface area contributed by atoms with Gasteiger partial charge in [0.1, 0.15) is 9.84 Å². The molecule has 0 heterocycles. The Morgan fingerprint density at radius 2 is 2.00 bits per heavy atom. The molecule has 5 heteroatoms. The SMILES string of the molecule is CS(=O)(=O)CCCCOC(=O)C1CCC1. The van der Waals surface area contributed by atoms with Crippen molar-refractivity contribution in [3.05, 3.63) is 0 Å². The molecule has 1 aliphatic carbocycles. The molecule has 4 nitrogen and oxygen atoms in total. The minimum atomic E-state index is -2.88.